The summed E-state index contributed by atoms with van der Waals surface area (Å²) in [5.74, 6) is 0.214. The molecule has 2 aromatic carbocycles. The first-order chi connectivity index (χ1) is 12.1. The van der Waals surface area contributed by atoms with Gasteiger partial charge in [-0.15, -0.1) is 10.2 Å². The van der Waals surface area contributed by atoms with Crippen molar-refractivity contribution in [1.82, 2.24) is 15.5 Å². The molecule has 0 atom stereocenters. The molecule has 0 aliphatic carbocycles. The molecule has 0 fully saturated rings. The lowest BCUT2D eigenvalue weighted by atomic mass is 10.2. The number of hydrogen-bond donors (Lipinski definition) is 2. The van der Waals surface area contributed by atoms with E-state index in [1.807, 2.05) is 30.3 Å². The first-order valence-corrected chi connectivity index (χ1v) is 7.65. The van der Waals surface area contributed by atoms with Gasteiger partial charge in [0.15, 0.2) is 0 Å². The Bertz CT molecular complexity index is 890. The SMILES string of the molecule is CC(=O)Nc1cccc(C(=O)NCc2nnc(-c3ccccc3)o2)c1. The topological polar surface area (TPSA) is 97.1 Å². The van der Waals surface area contributed by atoms with E-state index in [0.29, 0.717) is 23.0 Å². The first-order valence-electron chi connectivity index (χ1n) is 7.65. The highest BCUT2D eigenvalue weighted by Crippen LogP contribution is 2.17. The van der Waals surface area contributed by atoms with E-state index in [1.165, 1.54) is 6.92 Å². The number of hydrogen-bond acceptors (Lipinski definition) is 5. The van der Waals surface area contributed by atoms with Crippen LogP contribution in [0.2, 0.25) is 0 Å². The monoisotopic (exact) mass is 336 g/mol. The van der Waals surface area contributed by atoms with Crippen LogP contribution >= 0.6 is 0 Å². The smallest absolute Gasteiger partial charge is 0.251 e. The lowest BCUT2D eigenvalue weighted by Crippen LogP contribution is -2.23. The van der Waals surface area contributed by atoms with E-state index in [2.05, 4.69) is 20.8 Å². The molecule has 0 unspecified atom stereocenters. The van der Waals surface area contributed by atoms with Crippen LogP contribution in [0.25, 0.3) is 11.5 Å². The Labute approximate surface area is 144 Å². The van der Waals surface area contributed by atoms with Gasteiger partial charge in [-0.25, -0.2) is 0 Å². The summed E-state index contributed by atoms with van der Waals surface area (Å²) in [7, 11) is 0. The number of carbonyl (C=O) groups excluding carboxylic acids is 2. The number of benzene rings is 2. The Morgan fingerprint density at radius 1 is 1.04 bits per heavy atom. The highest BCUT2D eigenvalue weighted by atomic mass is 16.4. The van der Waals surface area contributed by atoms with Gasteiger partial charge in [0.1, 0.15) is 0 Å². The summed E-state index contributed by atoms with van der Waals surface area (Å²) >= 11 is 0. The minimum atomic E-state index is -0.299. The van der Waals surface area contributed by atoms with E-state index in [0.717, 1.165) is 5.56 Å². The van der Waals surface area contributed by atoms with Crippen LogP contribution in [-0.4, -0.2) is 22.0 Å². The second-order valence-corrected chi connectivity index (χ2v) is 5.31. The van der Waals surface area contributed by atoms with Crippen LogP contribution in [0.5, 0.6) is 0 Å². The van der Waals surface area contributed by atoms with Crippen molar-refractivity contribution in [3.05, 3.63) is 66.1 Å². The molecule has 1 aromatic heterocycles. The summed E-state index contributed by atoms with van der Waals surface area (Å²) in [4.78, 5) is 23.3. The van der Waals surface area contributed by atoms with Crippen molar-refractivity contribution in [3.63, 3.8) is 0 Å². The number of nitrogens with zero attached hydrogens (tertiary/aromatic N) is 2. The van der Waals surface area contributed by atoms with Gasteiger partial charge < -0.3 is 15.1 Å². The molecule has 126 valence electrons. The Morgan fingerprint density at radius 2 is 1.84 bits per heavy atom. The van der Waals surface area contributed by atoms with Crippen molar-refractivity contribution in [2.45, 2.75) is 13.5 Å². The Kier molecular flexibility index (Phi) is 4.84. The van der Waals surface area contributed by atoms with Crippen molar-refractivity contribution in [2.24, 2.45) is 0 Å². The number of carbonyl (C=O) groups is 2. The molecule has 0 saturated carbocycles. The van der Waals surface area contributed by atoms with E-state index < -0.39 is 0 Å². The van der Waals surface area contributed by atoms with E-state index in [4.69, 9.17) is 4.42 Å². The molecule has 0 aliphatic rings. The molecule has 0 spiro atoms. The predicted molar refractivity (Wildman–Crippen MR) is 91.6 cm³/mol. The molecule has 7 heteroatoms. The van der Waals surface area contributed by atoms with E-state index in [9.17, 15) is 9.59 Å². The third-order valence-electron chi connectivity index (χ3n) is 3.33. The quantitative estimate of drug-likeness (QED) is 0.746. The average molecular weight is 336 g/mol. The molecule has 2 N–H and O–H groups in total. The molecular formula is C18H16N4O3. The number of anilines is 1. The maximum atomic E-state index is 12.2. The molecular weight excluding hydrogens is 320 g/mol. The highest BCUT2D eigenvalue weighted by molar-refractivity contribution is 5.96. The standard InChI is InChI=1S/C18H16N4O3/c1-12(23)20-15-9-5-8-14(10-15)17(24)19-11-16-21-22-18(25-16)13-6-3-2-4-7-13/h2-10H,11H2,1H3,(H,19,24)(H,20,23). The molecule has 0 aliphatic heterocycles. The molecule has 3 rings (SSSR count). The van der Waals surface area contributed by atoms with Crippen LogP contribution < -0.4 is 10.6 Å². The molecule has 0 radical (unpaired) electrons. The van der Waals surface area contributed by atoms with Crippen LogP contribution in [0.1, 0.15) is 23.2 Å². The molecule has 2 amide bonds. The van der Waals surface area contributed by atoms with Crippen LogP contribution in [0.4, 0.5) is 5.69 Å². The molecule has 1 heterocycles. The molecule has 0 bridgehead atoms. The molecule has 3 aromatic rings. The number of rotatable bonds is 5. The second kappa shape index (κ2) is 7.39. The molecule has 25 heavy (non-hydrogen) atoms. The van der Waals surface area contributed by atoms with Crippen molar-refractivity contribution in [1.29, 1.82) is 0 Å². The predicted octanol–water partition coefficient (Wildman–Crippen LogP) is 2.63. The molecule has 0 saturated heterocycles. The summed E-state index contributed by atoms with van der Waals surface area (Å²) in [6, 6.07) is 16.0. The van der Waals surface area contributed by atoms with Crippen molar-refractivity contribution < 1.29 is 14.0 Å². The second-order valence-electron chi connectivity index (χ2n) is 5.31. The average Bonchev–Trinajstić information content (AvgIpc) is 3.09. The van der Waals surface area contributed by atoms with Crippen LogP contribution in [0, 0.1) is 0 Å². The van der Waals surface area contributed by atoms with Gasteiger partial charge in [-0.3, -0.25) is 9.59 Å². The largest absolute Gasteiger partial charge is 0.419 e. The fraction of sp³-hybridized carbons (Fsp3) is 0.111. The fourth-order valence-corrected chi connectivity index (χ4v) is 2.22. The zero-order chi connectivity index (χ0) is 17.6. The summed E-state index contributed by atoms with van der Waals surface area (Å²) in [5.41, 5.74) is 1.80. The van der Waals surface area contributed by atoms with Crippen LogP contribution in [-0.2, 0) is 11.3 Å². The normalized spacial score (nSPS) is 10.3. The third-order valence-corrected chi connectivity index (χ3v) is 3.33. The molecule has 7 nitrogen and oxygen atoms in total. The van der Waals surface area contributed by atoms with Crippen LogP contribution in [0.15, 0.2) is 59.0 Å². The zero-order valence-electron chi connectivity index (χ0n) is 13.5. The maximum absolute atomic E-state index is 12.2. The zero-order valence-corrected chi connectivity index (χ0v) is 13.5. The summed E-state index contributed by atoms with van der Waals surface area (Å²) in [6.45, 7) is 1.52. The van der Waals surface area contributed by atoms with Gasteiger partial charge in [-0.1, -0.05) is 24.3 Å². The fourth-order valence-electron chi connectivity index (χ4n) is 2.22. The number of amides is 2. The van der Waals surface area contributed by atoms with Gasteiger partial charge in [-0.2, -0.15) is 0 Å². The van der Waals surface area contributed by atoms with Gasteiger partial charge in [0.2, 0.25) is 17.7 Å². The third kappa shape index (κ3) is 4.29. The first kappa shape index (κ1) is 16.4. The van der Waals surface area contributed by atoms with Crippen LogP contribution in [0.3, 0.4) is 0 Å². The van der Waals surface area contributed by atoms with Gasteiger partial charge in [0.25, 0.3) is 5.91 Å². The van der Waals surface area contributed by atoms with Crippen molar-refractivity contribution in [3.8, 4) is 11.5 Å². The minimum Gasteiger partial charge on any atom is -0.419 e. The Morgan fingerprint density at radius 3 is 2.60 bits per heavy atom. The Hall–Kier alpha value is -3.48. The van der Waals surface area contributed by atoms with Crippen molar-refractivity contribution >= 4 is 17.5 Å². The Balaban J connectivity index is 1.63. The maximum Gasteiger partial charge on any atom is 0.251 e. The summed E-state index contributed by atoms with van der Waals surface area (Å²) < 4.78 is 5.54. The van der Waals surface area contributed by atoms with Gasteiger partial charge in [0, 0.05) is 23.7 Å². The van der Waals surface area contributed by atoms with E-state index >= 15 is 0 Å². The van der Waals surface area contributed by atoms with Gasteiger partial charge in [-0.05, 0) is 30.3 Å². The van der Waals surface area contributed by atoms with Crippen molar-refractivity contribution in [2.75, 3.05) is 5.32 Å². The number of aromatic nitrogens is 2. The lowest BCUT2D eigenvalue weighted by molar-refractivity contribution is -0.114. The lowest BCUT2D eigenvalue weighted by Gasteiger charge is -2.06. The minimum absolute atomic E-state index is 0.114. The summed E-state index contributed by atoms with van der Waals surface area (Å²) in [5, 5.41) is 13.2. The highest BCUT2D eigenvalue weighted by Gasteiger charge is 2.11. The van der Waals surface area contributed by atoms with E-state index in [1.54, 1.807) is 24.3 Å². The summed E-state index contributed by atoms with van der Waals surface area (Å²) in [6.07, 6.45) is 0. The van der Waals surface area contributed by atoms with Gasteiger partial charge >= 0.3 is 0 Å². The number of nitrogens with one attached hydrogen (secondary N) is 2. The van der Waals surface area contributed by atoms with Gasteiger partial charge in [0.05, 0.1) is 6.54 Å². The van der Waals surface area contributed by atoms with E-state index in [-0.39, 0.29) is 18.4 Å².